The molecule has 6 heteroatoms. The van der Waals surface area contributed by atoms with Crippen molar-refractivity contribution in [1.29, 1.82) is 0 Å². The number of carbonyl (C=O) groups is 1. The van der Waals surface area contributed by atoms with Crippen LogP contribution in [0.2, 0.25) is 0 Å². The summed E-state index contributed by atoms with van der Waals surface area (Å²) < 4.78 is 5.06. The quantitative estimate of drug-likeness (QED) is 0.729. The summed E-state index contributed by atoms with van der Waals surface area (Å²) in [6, 6.07) is -0.0423. The Morgan fingerprint density at radius 2 is 2.20 bits per heavy atom. The third kappa shape index (κ3) is 3.37. The number of hydrogen-bond acceptors (Lipinski definition) is 5. The van der Waals surface area contributed by atoms with E-state index in [0.29, 0.717) is 25.7 Å². The summed E-state index contributed by atoms with van der Waals surface area (Å²) in [6.07, 6.45) is 1.61. The largest absolute Gasteiger partial charge is 0.396 e. The predicted molar refractivity (Wildman–Crippen MR) is 72.0 cm³/mol. The first-order chi connectivity index (χ1) is 9.51. The zero-order valence-electron chi connectivity index (χ0n) is 11.9. The summed E-state index contributed by atoms with van der Waals surface area (Å²) in [5.41, 5.74) is 1.81. The molecule has 0 unspecified atom stereocenters. The number of aliphatic hydroxyl groups is 2. The first kappa shape index (κ1) is 15.0. The smallest absolute Gasteiger partial charge is 0.220 e. The van der Waals surface area contributed by atoms with E-state index in [2.05, 4.69) is 10.5 Å². The molecule has 20 heavy (non-hydrogen) atoms. The highest BCUT2D eigenvalue weighted by atomic mass is 16.5. The Bertz CT molecular complexity index is 452. The molecule has 2 rings (SSSR count). The van der Waals surface area contributed by atoms with Gasteiger partial charge in [0.2, 0.25) is 5.91 Å². The summed E-state index contributed by atoms with van der Waals surface area (Å²) in [7, 11) is 0. The van der Waals surface area contributed by atoms with Crippen molar-refractivity contribution in [2.45, 2.75) is 51.7 Å². The van der Waals surface area contributed by atoms with E-state index in [1.807, 2.05) is 13.8 Å². The minimum absolute atomic E-state index is 0.0351. The van der Waals surface area contributed by atoms with Crippen LogP contribution in [0.15, 0.2) is 4.52 Å². The number of aromatic nitrogens is 1. The number of amides is 1. The molecule has 1 fully saturated rings. The SMILES string of the molecule is Cc1noc(C)c1CCC(=O)N[C@H]1C[C@H](CO)[C@@H](O)C1. The molecule has 0 spiro atoms. The summed E-state index contributed by atoms with van der Waals surface area (Å²) >= 11 is 0. The van der Waals surface area contributed by atoms with Crippen molar-refractivity contribution in [3.8, 4) is 0 Å². The number of rotatable bonds is 5. The van der Waals surface area contributed by atoms with Gasteiger partial charge in [0, 0.05) is 30.6 Å². The molecular formula is C14H22N2O4. The molecule has 6 nitrogen and oxygen atoms in total. The van der Waals surface area contributed by atoms with Crippen LogP contribution in [-0.4, -0.2) is 40.0 Å². The third-order valence-electron chi connectivity index (χ3n) is 4.04. The molecule has 1 amide bonds. The molecule has 1 saturated carbocycles. The fourth-order valence-electron chi connectivity index (χ4n) is 2.81. The standard InChI is InChI=1S/C14H22N2O4/c1-8-12(9(2)20-16-8)3-4-14(19)15-11-5-10(7-17)13(18)6-11/h10-11,13,17-18H,3-7H2,1-2H3,(H,15,19)/t10-,11+,13+/m1/s1. The topological polar surface area (TPSA) is 95.6 Å². The summed E-state index contributed by atoms with van der Waals surface area (Å²) in [6.45, 7) is 3.67. The van der Waals surface area contributed by atoms with Gasteiger partial charge in [-0.25, -0.2) is 0 Å². The van der Waals surface area contributed by atoms with Crippen molar-refractivity contribution in [3.63, 3.8) is 0 Å². The summed E-state index contributed by atoms with van der Waals surface area (Å²) in [5.74, 6) is 0.593. The van der Waals surface area contributed by atoms with Crippen molar-refractivity contribution in [2.75, 3.05) is 6.61 Å². The van der Waals surface area contributed by atoms with Crippen molar-refractivity contribution in [2.24, 2.45) is 5.92 Å². The minimum atomic E-state index is -0.520. The van der Waals surface area contributed by atoms with Crippen LogP contribution >= 0.6 is 0 Å². The zero-order valence-corrected chi connectivity index (χ0v) is 11.9. The monoisotopic (exact) mass is 282 g/mol. The maximum Gasteiger partial charge on any atom is 0.220 e. The Morgan fingerprint density at radius 1 is 1.45 bits per heavy atom. The summed E-state index contributed by atoms with van der Waals surface area (Å²) in [5, 5.41) is 25.6. The van der Waals surface area contributed by atoms with Gasteiger partial charge in [0.15, 0.2) is 0 Å². The summed E-state index contributed by atoms with van der Waals surface area (Å²) in [4.78, 5) is 11.9. The maximum atomic E-state index is 11.9. The van der Waals surface area contributed by atoms with Crippen LogP contribution in [0.3, 0.4) is 0 Å². The number of aliphatic hydroxyl groups excluding tert-OH is 2. The molecule has 112 valence electrons. The number of nitrogens with one attached hydrogen (secondary N) is 1. The Hall–Kier alpha value is -1.40. The molecular weight excluding hydrogens is 260 g/mol. The Morgan fingerprint density at radius 3 is 2.75 bits per heavy atom. The lowest BCUT2D eigenvalue weighted by Crippen LogP contribution is -2.33. The molecule has 3 N–H and O–H groups in total. The molecule has 0 bridgehead atoms. The third-order valence-corrected chi connectivity index (χ3v) is 4.04. The van der Waals surface area contributed by atoms with Gasteiger partial charge >= 0.3 is 0 Å². The molecule has 3 atom stereocenters. The average Bonchev–Trinajstić information content (AvgIpc) is 2.91. The Balaban J connectivity index is 1.79. The van der Waals surface area contributed by atoms with E-state index in [-0.39, 0.29) is 24.5 Å². The van der Waals surface area contributed by atoms with E-state index in [1.165, 1.54) is 0 Å². The van der Waals surface area contributed by atoms with Crippen LogP contribution in [0.25, 0.3) is 0 Å². The van der Waals surface area contributed by atoms with Gasteiger partial charge in [-0.2, -0.15) is 0 Å². The van der Waals surface area contributed by atoms with Crippen LogP contribution in [0.4, 0.5) is 0 Å². The highest BCUT2D eigenvalue weighted by Crippen LogP contribution is 2.25. The van der Waals surface area contributed by atoms with Crippen LogP contribution in [0, 0.1) is 19.8 Å². The molecule has 0 aromatic carbocycles. The molecule has 1 aromatic rings. The lowest BCUT2D eigenvalue weighted by Gasteiger charge is -2.12. The average molecular weight is 282 g/mol. The fourth-order valence-corrected chi connectivity index (χ4v) is 2.81. The van der Waals surface area contributed by atoms with Gasteiger partial charge in [0.25, 0.3) is 0 Å². The highest BCUT2D eigenvalue weighted by molar-refractivity contribution is 5.76. The van der Waals surface area contributed by atoms with Crippen LogP contribution in [0.1, 0.15) is 36.3 Å². The van der Waals surface area contributed by atoms with Gasteiger partial charge in [0.05, 0.1) is 11.8 Å². The molecule has 0 aliphatic heterocycles. The molecule has 1 aliphatic carbocycles. The molecule has 0 saturated heterocycles. The second-order valence-corrected chi connectivity index (χ2v) is 5.55. The molecule has 1 aromatic heterocycles. The molecule has 0 radical (unpaired) electrons. The maximum absolute atomic E-state index is 11.9. The van der Waals surface area contributed by atoms with Gasteiger partial charge in [-0.1, -0.05) is 5.16 Å². The predicted octanol–water partition coefficient (Wildman–Crippen LogP) is 0.472. The van der Waals surface area contributed by atoms with Crippen molar-refractivity contribution < 1.29 is 19.5 Å². The Labute approximate surface area is 118 Å². The number of aryl methyl sites for hydroxylation is 2. The normalized spacial score (nSPS) is 25.9. The van der Waals surface area contributed by atoms with E-state index < -0.39 is 6.10 Å². The second-order valence-electron chi connectivity index (χ2n) is 5.55. The van der Waals surface area contributed by atoms with Crippen LogP contribution in [-0.2, 0) is 11.2 Å². The van der Waals surface area contributed by atoms with Gasteiger partial charge in [-0.05, 0) is 33.1 Å². The van der Waals surface area contributed by atoms with E-state index in [4.69, 9.17) is 9.63 Å². The number of nitrogens with zero attached hydrogens (tertiary/aromatic N) is 1. The fraction of sp³-hybridized carbons (Fsp3) is 0.714. The number of hydrogen-bond donors (Lipinski definition) is 3. The molecule has 1 aliphatic rings. The second kappa shape index (κ2) is 6.37. The van der Waals surface area contributed by atoms with E-state index in [1.54, 1.807) is 0 Å². The van der Waals surface area contributed by atoms with Crippen molar-refractivity contribution in [1.82, 2.24) is 10.5 Å². The zero-order chi connectivity index (χ0) is 14.7. The van der Waals surface area contributed by atoms with Crippen LogP contribution in [0.5, 0.6) is 0 Å². The van der Waals surface area contributed by atoms with Crippen LogP contribution < -0.4 is 5.32 Å². The first-order valence-corrected chi connectivity index (χ1v) is 7.01. The van der Waals surface area contributed by atoms with Gasteiger partial charge < -0.3 is 20.1 Å². The first-order valence-electron chi connectivity index (χ1n) is 7.01. The minimum Gasteiger partial charge on any atom is -0.396 e. The van der Waals surface area contributed by atoms with E-state index in [9.17, 15) is 9.90 Å². The van der Waals surface area contributed by atoms with E-state index >= 15 is 0 Å². The van der Waals surface area contributed by atoms with Crippen molar-refractivity contribution >= 4 is 5.91 Å². The lowest BCUT2D eigenvalue weighted by atomic mass is 10.1. The Kier molecular flexibility index (Phi) is 4.77. The lowest BCUT2D eigenvalue weighted by molar-refractivity contribution is -0.121. The van der Waals surface area contributed by atoms with Gasteiger partial charge in [0.1, 0.15) is 5.76 Å². The number of carbonyl (C=O) groups excluding carboxylic acids is 1. The van der Waals surface area contributed by atoms with E-state index in [0.717, 1.165) is 17.0 Å². The molecule has 1 heterocycles. The van der Waals surface area contributed by atoms with Gasteiger partial charge in [-0.15, -0.1) is 0 Å². The van der Waals surface area contributed by atoms with Gasteiger partial charge in [-0.3, -0.25) is 4.79 Å². The van der Waals surface area contributed by atoms with Crippen molar-refractivity contribution in [3.05, 3.63) is 17.0 Å². The highest BCUT2D eigenvalue weighted by Gasteiger charge is 2.33.